The maximum absolute atomic E-state index is 13.9. The minimum Gasteiger partial charge on any atom is -0.444 e. The number of nitrogens with one attached hydrogen (secondary N) is 1. The summed E-state index contributed by atoms with van der Waals surface area (Å²) in [4.78, 5) is 16.8. The molecule has 0 saturated carbocycles. The molecule has 2 aromatic heterocycles. The first kappa shape index (κ1) is 19.5. The molecule has 0 aliphatic carbocycles. The van der Waals surface area contributed by atoms with Gasteiger partial charge in [0.25, 0.3) is 0 Å². The molecule has 27 heavy (non-hydrogen) atoms. The van der Waals surface area contributed by atoms with Crippen molar-refractivity contribution in [3.63, 3.8) is 0 Å². The minimum absolute atomic E-state index is 0.280. The summed E-state index contributed by atoms with van der Waals surface area (Å²) in [6.07, 6.45) is 4.41. The lowest BCUT2D eigenvalue weighted by atomic mass is 9.99. The number of rotatable bonds is 3. The van der Waals surface area contributed by atoms with Crippen molar-refractivity contribution in [2.24, 2.45) is 0 Å². The van der Waals surface area contributed by atoms with Gasteiger partial charge < -0.3 is 14.5 Å². The summed E-state index contributed by atoms with van der Waals surface area (Å²) >= 11 is 12.7. The number of pyridine rings is 1. The second-order valence-corrected chi connectivity index (χ2v) is 7.79. The van der Waals surface area contributed by atoms with Gasteiger partial charge in [-0.05, 0) is 45.0 Å². The van der Waals surface area contributed by atoms with Gasteiger partial charge in [0.1, 0.15) is 17.1 Å². The SMILES string of the molecule is CC(C)(C)OC(=O)NC(c1cc(F)ccc1Cl)c1c(Cl)ccn2ccnc12. The van der Waals surface area contributed by atoms with Gasteiger partial charge in [0, 0.05) is 34.7 Å². The zero-order valence-electron chi connectivity index (χ0n) is 15.0. The number of imidazole rings is 1. The lowest BCUT2D eigenvalue weighted by molar-refractivity contribution is 0.0512. The molecule has 3 rings (SSSR count). The molecule has 0 fully saturated rings. The fraction of sp³-hybridized carbons (Fsp3) is 0.263. The van der Waals surface area contributed by atoms with E-state index in [0.29, 0.717) is 21.8 Å². The van der Waals surface area contributed by atoms with E-state index in [2.05, 4.69) is 10.3 Å². The van der Waals surface area contributed by atoms with Crippen molar-refractivity contribution in [3.8, 4) is 0 Å². The van der Waals surface area contributed by atoms with Gasteiger partial charge in [-0.15, -0.1) is 0 Å². The van der Waals surface area contributed by atoms with Gasteiger partial charge in [0.15, 0.2) is 0 Å². The van der Waals surface area contributed by atoms with Crippen molar-refractivity contribution in [1.29, 1.82) is 0 Å². The van der Waals surface area contributed by atoms with Gasteiger partial charge in [0.05, 0.1) is 11.1 Å². The number of fused-ring (bicyclic) bond motifs is 1. The predicted molar refractivity (Wildman–Crippen MR) is 103 cm³/mol. The van der Waals surface area contributed by atoms with Crippen molar-refractivity contribution in [3.05, 3.63) is 69.8 Å². The van der Waals surface area contributed by atoms with Gasteiger partial charge in [-0.25, -0.2) is 14.2 Å². The van der Waals surface area contributed by atoms with Crippen LogP contribution in [-0.4, -0.2) is 21.1 Å². The van der Waals surface area contributed by atoms with E-state index >= 15 is 0 Å². The zero-order valence-corrected chi connectivity index (χ0v) is 16.5. The van der Waals surface area contributed by atoms with Crippen LogP contribution in [0.1, 0.15) is 37.9 Å². The number of carbonyl (C=O) groups excluding carboxylic acids is 1. The van der Waals surface area contributed by atoms with E-state index in [4.69, 9.17) is 27.9 Å². The predicted octanol–water partition coefficient (Wildman–Crippen LogP) is 5.39. The van der Waals surface area contributed by atoms with Crippen LogP contribution < -0.4 is 5.32 Å². The molecule has 0 saturated heterocycles. The van der Waals surface area contributed by atoms with Crippen molar-refractivity contribution in [2.75, 3.05) is 0 Å². The number of aromatic nitrogens is 2. The Morgan fingerprint density at radius 2 is 1.96 bits per heavy atom. The summed E-state index contributed by atoms with van der Waals surface area (Å²) < 4.78 is 21.0. The van der Waals surface area contributed by atoms with Gasteiger partial charge in [-0.2, -0.15) is 0 Å². The highest BCUT2D eigenvalue weighted by molar-refractivity contribution is 6.32. The Balaban J connectivity index is 2.15. The molecule has 0 aliphatic heterocycles. The van der Waals surface area contributed by atoms with Crippen LogP contribution in [0.15, 0.2) is 42.9 Å². The van der Waals surface area contributed by atoms with E-state index in [9.17, 15) is 9.18 Å². The molecule has 1 unspecified atom stereocenters. The van der Waals surface area contributed by atoms with E-state index in [-0.39, 0.29) is 5.02 Å². The number of benzene rings is 1. The highest BCUT2D eigenvalue weighted by Crippen LogP contribution is 2.35. The van der Waals surface area contributed by atoms with Crippen LogP contribution in [0.2, 0.25) is 10.0 Å². The number of ether oxygens (including phenoxy) is 1. The van der Waals surface area contributed by atoms with E-state index in [1.54, 1.807) is 49.8 Å². The molecule has 2 heterocycles. The van der Waals surface area contributed by atoms with Gasteiger partial charge in [0.2, 0.25) is 0 Å². The molecule has 1 N–H and O–H groups in total. The summed E-state index contributed by atoms with van der Waals surface area (Å²) in [7, 11) is 0. The largest absolute Gasteiger partial charge is 0.444 e. The van der Waals surface area contributed by atoms with Crippen LogP contribution in [-0.2, 0) is 4.74 Å². The highest BCUT2D eigenvalue weighted by atomic mass is 35.5. The molecule has 0 radical (unpaired) electrons. The van der Waals surface area contributed by atoms with Crippen LogP contribution in [0, 0.1) is 5.82 Å². The number of alkyl carbamates (subject to hydrolysis) is 1. The summed E-state index contributed by atoms with van der Waals surface area (Å²) in [5.41, 5.74) is 0.649. The zero-order chi connectivity index (χ0) is 19.8. The lowest BCUT2D eigenvalue weighted by Gasteiger charge is -2.25. The Kier molecular flexibility index (Phi) is 5.31. The lowest BCUT2D eigenvalue weighted by Crippen LogP contribution is -2.36. The molecule has 3 aromatic rings. The maximum atomic E-state index is 13.9. The van der Waals surface area contributed by atoms with Crippen molar-refractivity contribution >= 4 is 34.9 Å². The van der Waals surface area contributed by atoms with Crippen LogP contribution in [0.3, 0.4) is 0 Å². The number of amides is 1. The molecule has 0 spiro atoms. The first-order valence-electron chi connectivity index (χ1n) is 8.21. The van der Waals surface area contributed by atoms with Gasteiger partial charge >= 0.3 is 6.09 Å². The molecular weight excluding hydrogens is 392 g/mol. The summed E-state index contributed by atoms with van der Waals surface area (Å²) in [6, 6.07) is 4.74. The number of hydrogen-bond donors (Lipinski definition) is 1. The Labute approximate surface area is 166 Å². The third-order valence-corrected chi connectivity index (χ3v) is 4.44. The van der Waals surface area contributed by atoms with Gasteiger partial charge in [-0.3, -0.25) is 0 Å². The molecule has 1 amide bonds. The fourth-order valence-corrected chi connectivity index (χ4v) is 3.19. The average Bonchev–Trinajstić information content (AvgIpc) is 3.02. The standard InChI is InChI=1S/C19H18Cl2FN3O2/c1-19(2,3)27-18(26)24-16(12-10-11(22)4-5-13(12)20)15-14(21)6-8-25-9-7-23-17(15)25/h4-10,16H,1-3H3,(H,24,26). The molecule has 142 valence electrons. The summed E-state index contributed by atoms with van der Waals surface area (Å²) in [5, 5.41) is 3.38. The highest BCUT2D eigenvalue weighted by Gasteiger charge is 2.27. The normalized spacial score (nSPS) is 12.8. The molecule has 1 aromatic carbocycles. The number of halogens is 3. The quantitative estimate of drug-likeness (QED) is 0.630. The van der Waals surface area contributed by atoms with E-state index in [0.717, 1.165) is 0 Å². The van der Waals surface area contributed by atoms with Crippen LogP contribution in [0.5, 0.6) is 0 Å². The molecular formula is C19H18Cl2FN3O2. The van der Waals surface area contributed by atoms with Crippen molar-refractivity contribution in [2.45, 2.75) is 32.4 Å². The number of nitrogens with zero attached hydrogens (tertiary/aromatic N) is 2. The third-order valence-electron chi connectivity index (χ3n) is 3.77. The van der Waals surface area contributed by atoms with Crippen molar-refractivity contribution < 1.29 is 13.9 Å². The Morgan fingerprint density at radius 3 is 2.67 bits per heavy atom. The number of carbonyl (C=O) groups is 1. The van der Waals surface area contributed by atoms with Gasteiger partial charge in [-0.1, -0.05) is 23.2 Å². The smallest absolute Gasteiger partial charge is 0.408 e. The fourth-order valence-electron chi connectivity index (χ4n) is 2.72. The van der Waals surface area contributed by atoms with Crippen molar-refractivity contribution in [1.82, 2.24) is 14.7 Å². The monoisotopic (exact) mass is 409 g/mol. The second-order valence-electron chi connectivity index (χ2n) is 6.98. The van der Waals surface area contributed by atoms with Crippen LogP contribution >= 0.6 is 23.2 Å². The first-order chi connectivity index (χ1) is 12.7. The van der Waals surface area contributed by atoms with E-state index in [1.165, 1.54) is 18.2 Å². The third kappa shape index (κ3) is 4.34. The number of hydrogen-bond acceptors (Lipinski definition) is 3. The molecule has 8 heteroatoms. The van der Waals surface area contributed by atoms with Crippen LogP contribution in [0.25, 0.3) is 5.65 Å². The Morgan fingerprint density at radius 1 is 1.22 bits per heavy atom. The van der Waals surface area contributed by atoms with Crippen LogP contribution in [0.4, 0.5) is 9.18 Å². The molecule has 0 aliphatic rings. The molecule has 1 atom stereocenters. The van der Waals surface area contributed by atoms with E-state index in [1.807, 2.05) is 0 Å². The minimum atomic E-state index is -0.860. The maximum Gasteiger partial charge on any atom is 0.408 e. The second kappa shape index (κ2) is 7.37. The Hall–Kier alpha value is -2.31. The summed E-state index contributed by atoms with van der Waals surface area (Å²) in [6.45, 7) is 5.25. The first-order valence-corrected chi connectivity index (χ1v) is 8.97. The van der Waals surface area contributed by atoms with E-state index < -0.39 is 23.6 Å². The average molecular weight is 410 g/mol. The summed E-state index contributed by atoms with van der Waals surface area (Å²) in [5.74, 6) is -0.489. The Bertz CT molecular complexity index is 998. The molecule has 0 bridgehead atoms. The topological polar surface area (TPSA) is 55.6 Å². The molecule has 5 nitrogen and oxygen atoms in total.